The van der Waals surface area contributed by atoms with Gasteiger partial charge in [0.2, 0.25) is 0 Å². The zero-order valence-corrected chi connectivity index (χ0v) is 7.29. The first-order valence-electron chi connectivity index (χ1n) is 4.71. The molecule has 2 rings (SSSR count). The van der Waals surface area contributed by atoms with Gasteiger partial charge in [0.1, 0.15) is 0 Å². The van der Waals surface area contributed by atoms with Crippen LogP contribution in [0.15, 0.2) is 0 Å². The van der Waals surface area contributed by atoms with Gasteiger partial charge in [0.25, 0.3) is 0 Å². The van der Waals surface area contributed by atoms with Crippen LogP contribution in [0.1, 0.15) is 25.7 Å². The summed E-state index contributed by atoms with van der Waals surface area (Å²) in [6.07, 6.45) is 4.32. The molecule has 0 amide bonds. The summed E-state index contributed by atoms with van der Waals surface area (Å²) >= 11 is 0. The monoisotopic (exact) mass is 172 g/mol. The molecule has 0 aromatic carbocycles. The van der Waals surface area contributed by atoms with Crippen LogP contribution in [0.4, 0.5) is 0 Å². The third kappa shape index (κ3) is 1.49. The molecule has 2 heterocycles. The average molecular weight is 172 g/mol. The van der Waals surface area contributed by atoms with Gasteiger partial charge in [0.05, 0.1) is 24.9 Å². The maximum Gasteiger partial charge on any atom is 0.0941 e. The lowest BCUT2D eigenvalue weighted by atomic mass is 9.91. The van der Waals surface area contributed by atoms with Crippen molar-refractivity contribution in [2.24, 2.45) is 0 Å². The van der Waals surface area contributed by atoms with Crippen molar-refractivity contribution in [2.45, 2.75) is 37.4 Å². The van der Waals surface area contributed by atoms with Crippen molar-refractivity contribution in [3.63, 3.8) is 0 Å². The molecule has 1 spiro atoms. The van der Waals surface area contributed by atoms with Crippen LogP contribution < -0.4 is 0 Å². The summed E-state index contributed by atoms with van der Waals surface area (Å²) in [7, 11) is 0. The molecule has 0 aliphatic carbocycles. The van der Waals surface area contributed by atoms with E-state index in [1.807, 2.05) is 0 Å². The molecule has 0 aromatic heterocycles. The van der Waals surface area contributed by atoms with Crippen LogP contribution in [-0.4, -0.2) is 36.6 Å². The molecular weight excluding hydrogens is 156 g/mol. The number of hydrogen-bond donors (Lipinski definition) is 1. The molecule has 2 aliphatic rings. The van der Waals surface area contributed by atoms with Gasteiger partial charge in [-0.05, 0) is 19.3 Å². The normalized spacial score (nSPS) is 42.2. The van der Waals surface area contributed by atoms with E-state index in [4.69, 9.17) is 14.6 Å². The van der Waals surface area contributed by atoms with Crippen LogP contribution in [0, 0.1) is 0 Å². The highest BCUT2D eigenvalue weighted by molar-refractivity contribution is 4.89. The van der Waals surface area contributed by atoms with Gasteiger partial charge in [-0.3, -0.25) is 0 Å². The highest BCUT2D eigenvalue weighted by Gasteiger charge is 2.40. The SMILES string of the molecule is OCC1CCCC2(CCOC2)O1. The first kappa shape index (κ1) is 8.48. The standard InChI is InChI=1S/C9H16O3/c10-6-8-2-1-3-9(12-8)4-5-11-7-9/h8,10H,1-7H2. The third-order valence-electron chi connectivity index (χ3n) is 2.85. The van der Waals surface area contributed by atoms with Crippen molar-refractivity contribution >= 4 is 0 Å². The Morgan fingerprint density at radius 1 is 1.42 bits per heavy atom. The Hall–Kier alpha value is -0.120. The van der Waals surface area contributed by atoms with E-state index >= 15 is 0 Å². The Morgan fingerprint density at radius 2 is 2.33 bits per heavy atom. The highest BCUT2D eigenvalue weighted by atomic mass is 16.6. The van der Waals surface area contributed by atoms with Crippen LogP contribution in [0.5, 0.6) is 0 Å². The Bertz CT molecular complexity index is 152. The molecule has 0 aromatic rings. The van der Waals surface area contributed by atoms with Gasteiger partial charge in [0, 0.05) is 13.0 Å². The number of hydrogen-bond acceptors (Lipinski definition) is 3. The van der Waals surface area contributed by atoms with Gasteiger partial charge >= 0.3 is 0 Å². The lowest BCUT2D eigenvalue weighted by Gasteiger charge is -2.36. The van der Waals surface area contributed by atoms with E-state index in [0.29, 0.717) is 0 Å². The van der Waals surface area contributed by atoms with Gasteiger partial charge < -0.3 is 14.6 Å². The molecule has 3 heteroatoms. The zero-order chi connectivity index (χ0) is 8.44. The van der Waals surface area contributed by atoms with Crippen molar-refractivity contribution in [2.75, 3.05) is 19.8 Å². The third-order valence-corrected chi connectivity index (χ3v) is 2.85. The molecule has 0 bridgehead atoms. The Balaban J connectivity index is 1.97. The predicted molar refractivity (Wildman–Crippen MR) is 44.0 cm³/mol. The quantitative estimate of drug-likeness (QED) is 0.633. The molecule has 12 heavy (non-hydrogen) atoms. The van der Waals surface area contributed by atoms with Crippen molar-refractivity contribution < 1.29 is 14.6 Å². The predicted octanol–water partition coefficient (Wildman–Crippen LogP) is 0.707. The Labute approximate surface area is 72.7 Å². The summed E-state index contributed by atoms with van der Waals surface area (Å²) in [6, 6.07) is 0. The van der Waals surface area contributed by atoms with Gasteiger partial charge in [-0.25, -0.2) is 0 Å². The van der Waals surface area contributed by atoms with Crippen LogP contribution in [0.25, 0.3) is 0 Å². The fourth-order valence-electron chi connectivity index (χ4n) is 2.13. The number of aliphatic hydroxyl groups is 1. The Kier molecular flexibility index (Phi) is 2.35. The maximum absolute atomic E-state index is 8.97. The number of ether oxygens (including phenoxy) is 2. The topological polar surface area (TPSA) is 38.7 Å². The van der Waals surface area contributed by atoms with E-state index < -0.39 is 0 Å². The highest BCUT2D eigenvalue weighted by Crippen LogP contribution is 2.35. The van der Waals surface area contributed by atoms with Crippen LogP contribution >= 0.6 is 0 Å². The van der Waals surface area contributed by atoms with Crippen LogP contribution in [0.2, 0.25) is 0 Å². The lowest BCUT2D eigenvalue weighted by Crippen LogP contribution is -2.42. The van der Waals surface area contributed by atoms with Gasteiger partial charge in [-0.15, -0.1) is 0 Å². The zero-order valence-electron chi connectivity index (χ0n) is 7.29. The summed E-state index contributed by atoms with van der Waals surface area (Å²) in [5, 5.41) is 8.97. The van der Waals surface area contributed by atoms with Crippen molar-refractivity contribution in [1.82, 2.24) is 0 Å². The lowest BCUT2D eigenvalue weighted by molar-refractivity contribution is -0.141. The van der Waals surface area contributed by atoms with Crippen molar-refractivity contribution in [3.8, 4) is 0 Å². The van der Waals surface area contributed by atoms with Gasteiger partial charge in [-0.2, -0.15) is 0 Å². The molecule has 2 saturated heterocycles. The molecule has 2 aliphatic heterocycles. The fourth-order valence-corrected chi connectivity index (χ4v) is 2.13. The summed E-state index contributed by atoms with van der Waals surface area (Å²) < 4.78 is 11.1. The first-order valence-corrected chi connectivity index (χ1v) is 4.71. The van der Waals surface area contributed by atoms with E-state index in [-0.39, 0.29) is 18.3 Å². The minimum atomic E-state index is -0.0361. The number of rotatable bonds is 1. The van der Waals surface area contributed by atoms with Gasteiger partial charge in [0.15, 0.2) is 0 Å². The second-order valence-corrected chi connectivity index (χ2v) is 3.80. The smallest absolute Gasteiger partial charge is 0.0941 e. The van der Waals surface area contributed by atoms with E-state index in [0.717, 1.165) is 38.9 Å². The van der Waals surface area contributed by atoms with Crippen molar-refractivity contribution in [1.29, 1.82) is 0 Å². The van der Waals surface area contributed by atoms with E-state index in [2.05, 4.69) is 0 Å². The van der Waals surface area contributed by atoms with Crippen LogP contribution in [0.3, 0.4) is 0 Å². The Morgan fingerprint density at radius 3 is 3.00 bits per heavy atom. The molecule has 2 unspecified atom stereocenters. The number of aliphatic hydroxyl groups excluding tert-OH is 1. The first-order chi connectivity index (χ1) is 5.85. The minimum Gasteiger partial charge on any atom is -0.394 e. The minimum absolute atomic E-state index is 0.0361. The van der Waals surface area contributed by atoms with E-state index in [9.17, 15) is 0 Å². The fraction of sp³-hybridized carbons (Fsp3) is 1.00. The summed E-state index contributed by atoms with van der Waals surface area (Å²) in [6.45, 7) is 1.70. The largest absolute Gasteiger partial charge is 0.394 e. The van der Waals surface area contributed by atoms with Gasteiger partial charge in [-0.1, -0.05) is 0 Å². The molecule has 2 fully saturated rings. The average Bonchev–Trinajstić information content (AvgIpc) is 2.53. The summed E-state index contributed by atoms with van der Waals surface area (Å²) in [5.41, 5.74) is -0.0361. The maximum atomic E-state index is 8.97. The molecule has 0 radical (unpaired) electrons. The molecule has 3 nitrogen and oxygen atoms in total. The summed E-state index contributed by atoms with van der Waals surface area (Å²) in [4.78, 5) is 0. The van der Waals surface area contributed by atoms with E-state index in [1.54, 1.807) is 0 Å². The molecule has 2 atom stereocenters. The van der Waals surface area contributed by atoms with E-state index in [1.165, 1.54) is 0 Å². The molecule has 70 valence electrons. The molecule has 1 N–H and O–H groups in total. The molecular formula is C9H16O3. The second-order valence-electron chi connectivity index (χ2n) is 3.80. The van der Waals surface area contributed by atoms with Crippen LogP contribution in [-0.2, 0) is 9.47 Å². The second kappa shape index (κ2) is 3.32. The van der Waals surface area contributed by atoms with Crippen molar-refractivity contribution in [3.05, 3.63) is 0 Å². The molecule has 0 saturated carbocycles. The summed E-state index contributed by atoms with van der Waals surface area (Å²) in [5.74, 6) is 0.